The number of para-hydroxylation sites is 3. The first-order valence-electron chi connectivity index (χ1n) is 9.36. The molecule has 1 aromatic heterocycles. The number of H-pyrrole nitrogens is 1. The van der Waals surface area contributed by atoms with E-state index in [4.69, 9.17) is 4.74 Å². The van der Waals surface area contributed by atoms with Crippen molar-refractivity contribution in [3.63, 3.8) is 0 Å². The molecule has 0 aliphatic rings. The molecule has 0 saturated carbocycles. The van der Waals surface area contributed by atoms with Crippen molar-refractivity contribution in [3.05, 3.63) is 96.2 Å². The van der Waals surface area contributed by atoms with Crippen LogP contribution in [0.4, 0.5) is 5.69 Å². The lowest BCUT2D eigenvalue weighted by molar-refractivity contribution is 0.0813. The van der Waals surface area contributed by atoms with E-state index in [-0.39, 0.29) is 11.7 Å². The van der Waals surface area contributed by atoms with E-state index in [9.17, 15) is 9.59 Å². The van der Waals surface area contributed by atoms with Gasteiger partial charge in [0.15, 0.2) is 6.10 Å². The van der Waals surface area contributed by atoms with E-state index in [2.05, 4.69) is 10.3 Å². The Morgan fingerprint density at radius 3 is 2.38 bits per heavy atom. The highest BCUT2D eigenvalue weighted by molar-refractivity contribution is 6.10. The molecule has 0 bridgehead atoms. The summed E-state index contributed by atoms with van der Waals surface area (Å²) in [5, 5.41) is 3.69. The number of hydrogen-bond acceptors (Lipinski definition) is 3. The van der Waals surface area contributed by atoms with Crippen molar-refractivity contribution in [1.29, 1.82) is 0 Å². The summed E-state index contributed by atoms with van der Waals surface area (Å²) in [6.45, 7) is 1.69. The van der Waals surface area contributed by atoms with Gasteiger partial charge in [-0.25, -0.2) is 0 Å². The molecule has 1 atom stereocenters. The van der Waals surface area contributed by atoms with Gasteiger partial charge in [-0.3, -0.25) is 9.59 Å². The third kappa shape index (κ3) is 3.89. The van der Waals surface area contributed by atoms with Crippen molar-refractivity contribution in [2.45, 2.75) is 13.0 Å². The van der Waals surface area contributed by atoms with Crippen molar-refractivity contribution < 1.29 is 14.3 Å². The van der Waals surface area contributed by atoms with Gasteiger partial charge < -0.3 is 15.0 Å². The molecule has 144 valence electrons. The molecule has 5 nitrogen and oxygen atoms in total. The second kappa shape index (κ2) is 8.02. The molecule has 3 aromatic carbocycles. The highest BCUT2D eigenvalue weighted by Gasteiger charge is 2.22. The Kier molecular flexibility index (Phi) is 5.12. The van der Waals surface area contributed by atoms with Crippen molar-refractivity contribution in [3.8, 4) is 5.75 Å². The summed E-state index contributed by atoms with van der Waals surface area (Å²) >= 11 is 0. The largest absolute Gasteiger partial charge is 0.482 e. The van der Waals surface area contributed by atoms with E-state index in [0.717, 1.165) is 10.9 Å². The molecule has 2 N–H and O–H groups in total. The van der Waals surface area contributed by atoms with E-state index in [0.29, 0.717) is 22.6 Å². The molecule has 0 fully saturated rings. The summed E-state index contributed by atoms with van der Waals surface area (Å²) in [6.07, 6.45) is 0.945. The minimum atomic E-state index is -0.750. The SMILES string of the molecule is C[C@H](Oc1ccccc1C(=O)Nc1ccccc1)C(=O)c1c[nH]c2ccccc12. The maximum Gasteiger partial charge on any atom is 0.259 e. The van der Waals surface area contributed by atoms with Gasteiger partial charge >= 0.3 is 0 Å². The van der Waals surface area contributed by atoms with Crippen LogP contribution in [-0.2, 0) is 0 Å². The van der Waals surface area contributed by atoms with Gasteiger partial charge in [0.25, 0.3) is 5.91 Å². The third-order valence-electron chi connectivity index (χ3n) is 4.69. The average Bonchev–Trinajstić information content (AvgIpc) is 3.18. The molecular weight excluding hydrogens is 364 g/mol. The van der Waals surface area contributed by atoms with Gasteiger partial charge in [0.05, 0.1) is 5.56 Å². The lowest BCUT2D eigenvalue weighted by Gasteiger charge is -2.16. The zero-order valence-corrected chi connectivity index (χ0v) is 15.9. The van der Waals surface area contributed by atoms with Crippen LogP contribution >= 0.6 is 0 Å². The molecule has 0 spiro atoms. The highest BCUT2D eigenvalue weighted by Crippen LogP contribution is 2.24. The number of Topliss-reactive ketones (excluding diaryl/α,β-unsaturated/α-hetero) is 1. The maximum absolute atomic E-state index is 13.0. The number of nitrogens with one attached hydrogen (secondary N) is 2. The normalized spacial score (nSPS) is 11.8. The van der Waals surface area contributed by atoms with Crippen LogP contribution in [0.5, 0.6) is 5.75 Å². The number of rotatable bonds is 6. The van der Waals surface area contributed by atoms with Crippen LogP contribution in [-0.4, -0.2) is 22.8 Å². The first-order valence-corrected chi connectivity index (χ1v) is 9.36. The number of aromatic amines is 1. The summed E-state index contributed by atoms with van der Waals surface area (Å²) < 4.78 is 5.91. The van der Waals surface area contributed by atoms with Crippen LogP contribution in [0.25, 0.3) is 10.9 Å². The van der Waals surface area contributed by atoms with Crippen LogP contribution in [0.1, 0.15) is 27.6 Å². The van der Waals surface area contributed by atoms with E-state index in [1.807, 2.05) is 54.6 Å². The maximum atomic E-state index is 13.0. The van der Waals surface area contributed by atoms with Gasteiger partial charge in [-0.05, 0) is 37.3 Å². The van der Waals surface area contributed by atoms with E-state index in [1.54, 1.807) is 37.4 Å². The first-order chi connectivity index (χ1) is 14.1. The number of amides is 1. The molecule has 4 aromatic rings. The minimum Gasteiger partial charge on any atom is -0.482 e. The Labute approximate surface area is 168 Å². The Morgan fingerprint density at radius 1 is 0.862 bits per heavy atom. The molecule has 0 radical (unpaired) electrons. The number of aromatic nitrogens is 1. The van der Waals surface area contributed by atoms with Crippen LogP contribution in [0.15, 0.2) is 85.1 Å². The summed E-state index contributed by atoms with van der Waals surface area (Å²) in [5.74, 6) is -0.0825. The molecule has 0 saturated heterocycles. The standard InChI is InChI=1S/C24H20N2O3/c1-16(23(27)20-15-25-21-13-7-5-11-18(20)21)29-22-14-8-6-12-19(22)24(28)26-17-9-3-2-4-10-17/h2-16,25H,1H3,(H,26,28)/t16-/m0/s1. The molecular formula is C24H20N2O3. The van der Waals surface area contributed by atoms with E-state index < -0.39 is 6.10 Å². The quantitative estimate of drug-likeness (QED) is 0.456. The van der Waals surface area contributed by atoms with Gasteiger partial charge in [-0.15, -0.1) is 0 Å². The van der Waals surface area contributed by atoms with Crippen LogP contribution < -0.4 is 10.1 Å². The number of anilines is 1. The summed E-state index contributed by atoms with van der Waals surface area (Å²) in [5.41, 5.74) is 2.52. The van der Waals surface area contributed by atoms with Crippen LogP contribution in [0, 0.1) is 0 Å². The summed E-state index contributed by atoms with van der Waals surface area (Å²) in [4.78, 5) is 28.8. The van der Waals surface area contributed by atoms with Crippen molar-refractivity contribution in [2.24, 2.45) is 0 Å². The van der Waals surface area contributed by atoms with E-state index >= 15 is 0 Å². The molecule has 0 unspecified atom stereocenters. The number of benzene rings is 3. The number of fused-ring (bicyclic) bond motifs is 1. The second-order valence-electron chi connectivity index (χ2n) is 6.69. The number of carbonyl (C=O) groups is 2. The zero-order chi connectivity index (χ0) is 20.2. The molecule has 0 aliphatic heterocycles. The number of carbonyl (C=O) groups excluding carboxylic acids is 2. The fraction of sp³-hybridized carbons (Fsp3) is 0.0833. The molecule has 29 heavy (non-hydrogen) atoms. The Balaban J connectivity index is 1.55. The van der Waals surface area contributed by atoms with E-state index in [1.165, 1.54) is 0 Å². The molecule has 1 heterocycles. The number of ketones is 1. The van der Waals surface area contributed by atoms with Gasteiger partial charge in [-0.2, -0.15) is 0 Å². The Bertz CT molecular complexity index is 1160. The van der Waals surface area contributed by atoms with Crippen LogP contribution in [0.2, 0.25) is 0 Å². The van der Waals surface area contributed by atoms with Gasteiger partial charge in [0, 0.05) is 28.4 Å². The van der Waals surface area contributed by atoms with Crippen molar-refractivity contribution in [1.82, 2.24) is 4.98 Å². The monoisotopic (exact) mass is 384 g/mol. The third-order valence-corrected chi connectivity index (χ3v) is 4.69. The summed E-state index contributed by atoms with van der Waals surface area (Å²) in [7, 11) is 0. The zero-order valence-electron chi connectivity index (χ0n) is 15.9. The van der Waals surface area contributed by atoms with Crippen molar-refractivity contribution >= 4 is 28.3 Å². The lowest BCUT2D eigenvalue weighted by Crippen LogP contribution is -2.25. The summed E-state index contributed by atoms with van der Waals surface area (Å²) in [6, 6.07) is 23.7. The number of ether oxygens (including phenoxy) is 1. The molecule has 0 aliphatic carbocycles. The second-order valence-corrected chi connectivity index (χ2v) is 6.69. The number of hydrogen-bond donors (Lipinski definition) is 2. The fourth-order valence-corrected chi connectivity index (χ4v) is 3.22. The molecule has 4 rings (SSSR count). The Hall–Kier alpha value is -3.86. The minimum absolute atomic E-state index is 0.152. The highest BCUT2D eigenvalue weighted by atomic mass is 16.5. The predicted molar refractivity (Wildman–Crippen MR) is 114 cm³/mol. The smallest absolute Gasteiger partial charge is 0.259 e. The van der Waals surface area contributed by atoms with Gasteiger partial charge in [-0.1, -0.05) is 48.5 Å². The fourth-order valence-electron chi connectivity index (χ4n) is 3.22. The topological polar surface area (TPSA) is 71.2 Å². The van der Waals surface area contributed by atoms with Crippen LogP contribution in [0.3, 0.4) is 0 Å². The van der Waals surface area contributed by atoms with Gasteiger partial charge in [0.2, 0.25) is 5.78 Å². The van der Waals surface area contributed by atoms with Crippen molar-refractivity contribution in [2.75, 3.05) is 5.32 Å². The lowest BCUT2D eigenvalue weighted by atomic mass is 10.1. The van der Waals surface area contributed by atoms with Gasteiger partial charge in [0.1, 0.15) is 5.75 Å². The first kappa shape index (κ1) is 18.5. The average molecular weight is 384 g/mol. The molecule has 5 heteroatoms. The predicted octanol–water partition coefficient (Wildman–Crippen LogP) is 5.07. The Morgan fingerprint density at radius 2 is 1.55 bits per heavy atom. The molecule has 1 amide bonds.